The van der Waals surface area contributed by atoms with E-state index >= 15 is 0 Å². The molecule has 19 heavy (non-hydrogen) atoms. The number of halogens is 1. The molecule has 0 aliphatic heterocycles. The summed E-state index contributed by atoms with van der Waals surface area (Å²) in [6.45, 7) is 0.775. The highest BCUT2D eigenvalue weighted by molar-refractivity contribution is 9.10. The Morgan fingerprint density at radius 1 is 1.16 bits per heavy atom. The van der Waals surface area contributed by atoms with Crippen molar-refractivity contribution in [1.29, 1.82) is 5.41 Å². The molecule has 98 valence electrons. The fraction of sp³-hybridized carbons (Fsp3) is 0.133. The van der Waals surface area contributed by atoms with Crippen LogP contribution in [-0.4, -0.2) is 12.9 Å². The van der Waals surface area contributed by atoms with Gasteiger partial charge in [0.1, 0.15) is 5.84 Å². The lowest BCUT2D eigenvalue weighted by molar-refractivity contribution is 0.920. The smallest absolute Gasteiger partial charge is 0.126 e. The number of amidine groups is 1. The fourth-order valence-corrected chi connectivity index (χ4v) is 2.61. The van der Waals surface area contributed by atoms with Crippen LogP contribution in [0.2, 0.25) is 0 Å². The summed E-state index contributed by atoms with van der Waals surface area (Å²) in [4.78, 5) is 2.09. The molecule has 2 aromatic rings. The van der Waals surface area contributed by atoms with Gasteiger partial charge >= 0.3 is 0 Å². The Balaban J connectivity index is 2.31. The second-order valence-corrected chi connectivity index (χ2v) is 5.24. The van der Waals surface area contributed by atoms with Crippen LogP contribution in [0.25, 0.3) is 0 Å². The highest BCUT2D eigenvalue weighted by Gasteiger charge is 2.13. The van der Waals surface area contributed by atoms with Crippen molar-refractivity contribution < 1.29 is 0 Å². The molecule has 0 aliphatic rings. The second kappa shape index (κ2) is 5.89. The normalized spacial score (nSPS) is 10.2. The molecule has 0 saturated carbocycles. The topological polar surface area (TPSA) is 53.1 Å². The molecular weight excluding hydrogens is 302 g/mol. The Morgan fingerprint density at radius 3 is 2.47 bits per heavy atom. The van der Waals surface area contributed by atoms with Crippen molar-refractivity contribution >= 4 is 27.5 Å². The van der Waals surface area contributed by atoms with E-state index in [1.54, 1.807) is 0 Å². The van der Waals surface area contributed by atoms with Gasteiger partial charge in [-0.3, -0.25) is 5.41 Å². The third-order valence-corrected chi connectivity index (χ3v) is 3.60. The van der Waals surface area contributed by atoms with E-state index < -0.39 is 0 Å². The van der Waals surface area contributed by atoms with Gasteiger partial charge in [-0.2, -0.15) is 0 Å². The first-order chi connectivity index (χ1) is 9.09. The highest BCUT2D eigenvalue weighted by Crippen LogP contribution is 2.27. The zero-order valence-corrected chi connectivity index (χ0v) is 12.3. The first kappa shape index (κ1) is 13.6. The lowest BCUT2D eigenvalue weighted by Crippen LogP contribution is -2.22. The number of nitrogens with two attached hydrogens (primary N) is 1. The molecule has 0 heterocycles. The lowest BCUT2D eigenvalue weighted by Gasteiger charge is -2.23. The van der Waals surface area contributed by atoms with Gasteiger partial charge in [0.25, 0.3) is 0 Å². The van der Waals surface area contributed by atoms with Crippen molar-refractivity contribution in [3.05, 3.63) is 64.1 Å². The largest absolute Gasteiger partial charge is 0.384 e. The number of nitrogen functional groups attached to an aromatic ring is 1. The minimum atomic E-state index is 0.0717. The maximum atomic E-state index is 7.71. The minimum absolute atomic E-state index is 0.0717. The Bertz CT molecular complexity index is 581. The predicted molar refractivity (Wildman–Crippen MR) is 83.7 cm³/mol. The minimum Gasteiger partial charge on any atom is -0.384 e. The summed E-state index contributed by atoms with van der Waals surface area (Å²) >= 11 is 3.45. The van der Waals surface area contributed by atoms with Crippen molar-refractivity contribution in [2.24, 2.45) is 5.73 Å². The van der Waals surface area contributed by atoms with E-state index in [9.17, 15) is 0 Å². The summed E-state index contributed by atoms with van der Waals surface area (Å²) in [5.74, 6) is 0.0717. The van der Waals surface area contributed by atoms with Gasteiger partial charge in [-0.1, -0.05) is 36.4 Å². The fourth-order valence-electron chi connectivity index (χ4n) is 2.04. The Labute approximate surface area is 121 Å². The zero-order chi connectivity index (χ0) is 13.8. The Hall–Kier alpha value is -1.81. The zero-order valence-electron chi connectivity index (χ0n) is 10.7. The quantitative estimate of drug-likeness (QED) is 0.671. The van der Waals surface area contributed by atoms with Gasteiger partial charge in [0.2, 0.25) is 0 Å². The molecule has 0 amide bonds. The van der Waals surface area contributed by atoms with Crippen molar-refractivity contribution in [3.63, 3.8) is 0 Å². The molecule has 0 fully saturated rings. The molecule has 2 rings (SSSR count). The predicted octanol–water partition coefficient (Wildman–Crippen LogP) is 3.37. The molecule has 0 saturated heterocycles. The molecule has 4 heteroatoms. The van der Waals surface area contributed by atoms with E-state index in [4.69, 9.17) is 11.1 Å². The third-order valence-electron chi connectivity index (χ3n) is 2.93. The number of anilines is 1. The van der Waals surface area contributed by atoms with E-state index in [2.05, 4.69) is 33.0 Å². The van der Waals surface area contributed by atoms with Gasteiger partial charge in [-0.25, -0.2) is 0 Å². The van der Waals surface area contributed by atoms with Crippen LogP contribution in [0.5, 0.6) is 0 Å². The van der Waals surface area contributed by atoms with Crippen LogP contribution < -0.4 is 10.6 Å². The number of rotatable bonds is 4. The molecule has 0 aromatic heterocycles. The second-order valence-electron chi connectivity index (χ2n) is 4.39. The number of hydrogen-bond acceptors (Lipinski definition) is 2. The van der Waals surface area contributed by atoms with Gasteiger partial charge in [0, 0.05) is 23.8 Å². The number of nitrogens with one attached hydrogen (secondary N) is 1. The SMILES string of the molecule is CN(Cc1ccccc1)c1cccc(Br)c1C(=N)N. The van der Waals surface area contributed by atoms with E-state index in [1.807, 2.05) is 43.4 Å². The molecular formula is C15H16BrN3. The van der Waals surface area contributed by atoms with Crippen LogP contribution in [0.1, 0.15) is 11.1 Å². The molecule has 3 nitrogen and oxygen atoms in total. The average Bonchev–Trinajstić information content (AvgIpc) is 2.39. The molecule has 0 unspecified atom stereocenters. The molecule has 0 atom stereocenters. The average molecular weight is 318 g/mol. The lowest BCUT2D eigenvalue weighted by atomic mass is 10.1. The van der Waals surface area contributed by atoms with E-state index in [-0.39, 0.29) is 5.84 Å². The molecule has 0 radical (unpaired) electrons. The summed E-state index contributed by atoms with van der Waals surface area (Å²) in [6, 6.07) is 16.0. The van der Waals surface area contributed by atoms with Crippen molar-refractivity contribution in [1.82, 2.24) is 0 Å². The summed E-state index contributed by atoms with van der Waals surface area (Å²) in [6.07, 6.45) is 0. The van der Waals surface area contributed by atoms with Crippen molar-refractivity contribution in [3.8, 4) is 0 Å². The maximum Gasteiger partial charge on any atom is 0.126 e. The highest BCUT2D eigenvalue weighted by atomic mass is 79.9. The number of benzene rings is 2. The Morgan fingerprint density at radius 2 is 1.84 bits per heavy atom. The van der Waals surface area contributed by atoms with E-state index in [0.29, 0.717) is 0 Å². The van der Waals surface area contributed by atoms with Gasteiger partial charge in [0.05, 0.1) is 5.56 Å². The van der Waals surface area contributed by atoms with E-state index in [1.165, 1.54) is 5.56 Å². The monoisotopic (exact) mass is 317 g/mol. The van der Waals surface area contributed by atoms with Gasteiger partial charge in [-0.05, 0) is 33.6 Å². The summed E-state index contributed by atoms with van der Waals surface area (Å²) in [5, 5.41) is 7.71. The molecule has 0 bridgehead atoms. The molecule has 3 N–H and O–H groups in total. The summed E-state index contributed by atoms with van der Waals surface area (Å²) in [5.41, 5.74) is 8.58. The van der Waals surface area contributed by atoms with E-state index in [0.717, 1.165) is 22.3 Å². The van der Waals surface area contributed by atoms with Crippen LogP contribution >= 0.6 is 15.9 Å². The summed E-state index contributed by atoms with van der Waals surface area (Å²) < 4.78 is 0.845. The van der Waals surface area contributed by atoms with Crippen LogP contribution in [0.4, 0.5) is 5.69 Å². The first-order valence-electron chi connectivity index (χ1n) is 5.97. The number of hydrogen-bond donors (Lipinski definition) is 2. The third kappa shape index (κ3) is 3.15. The van der Waals surface area contributed by atoms with Crippen molar-refractivity contribution in [2.75, 3.05) is 11.9 Å². The summed E-state index contributed by atoms with van der Waals surface area (Å²) in [7, 11) is 2.00. The van der Waals surface area contributed by atoms with Crippen LogP contribution in [0.15, 0.2) is 53.0 Å². The van der Waals surface area contributed by atoms with Crippen molar-refractivity contribution in [2.45, 2.75) is 6.54 Å². The maximum absolute atomic E-state index is 7.71. The van der Waals surface area contributed by atoms with Crippen LogP contribution in [0.3, 0.4) is 0 Å². The van der Waals surface area contributed by atoms with Gasteiger partial charge < -0.3 is 10.6 Å². The Kier molecular flexibility index (Phi) is 4.22. The number of nitrogens with zero attached hydrogens (tertiary/aromatic N) is 1. The van der Waals surface area contributed by atoms with Crippen LogP contribution in [0, 0.1) is 5.41 Å². The molecule has 2 aromatic carbocycles. The first-order valence-corrected chi connectivity index (χ1v) is 6.77. The molecule has 0 aliphatic carbocycles. The van der Waals surface area contributed by atoms with Crippen LogP contribution in [-0.2, 0) is 6.54 Å². The van der Waals surface area contributed by atoms with Gasteiger partial charge in [0.15, 0.2) is 0 Å². The standard InChI is InChI=1S/C15H16BrN3/c1-19(10-11-6-3-2-4-7-11)13-9-5-8-12(16)14(13)15(17)18/h2-9H,10H2,1H3,(H3,17,18). The molecule has 0 spiro atoms. The van der Waals surface area contributed by atoms with Gasteiger partial charge in [-0.15, -0.1) is 0 Å².